The van der Waals surface area contributed by atoms with Crippen molar-refractivity contribution in [3.63, 3.8) is 0 Å². The van der Waals surface area contributed by atoms with Gasteiger partial charge in [-0.2, -0.15) is 0 Å². The first kappa shape index (κ1) is 11.5. The summed E-state index contributed by atoms with van der Waals surface area (Å²) in [6.45, 7) is 4.04. The SMILES string of the molecule is CC(C)N(C)C(=O)C1(N)CCCCC1. The maximum absolute atomic E-state index is 12.1. The number of carbonyl (C=O) groups is 1. The summed E-state index contributed by atoms with van der Waals surface area (Å²) in [5.41, 5.74) is 5.58. The number of amides is 1. The Balaban J connectivity index is 2.66. The number of hydrogen-bond donors (Lipinski definition) is 1. The molecule has 0 aromatic rings. The zero-order valence-corrected chi connectivity index (χ0v) is 9.55. The van der Waals surface area contributed by atoms with E-state index in [1.165, 1.54) is 6.42 Å². The summed E-state index contributed by atoms with van der Waals surface area (Å²) in [4.78, 5) is 13.8. The van der Waals surface area contributed by atoms with Crippen molar-refractivity contribution >= 4 is 5.91 Å². The number of rotatable bonds is 2. The summed E-state index contributed by atoms with van der Waals surface area (Å²) in [5, 5.41) is 0. The van der Waals surface area contributed by atoms with Gasteiger partial charge >= 0.3 is 0 Å². The molecule has 14 heavy (non-hydrogen) atoms. The molecule has 0 bridgehead atoms. The molecule has 2 N–H and O–H groups in total. The third kappa shape index (κ3) is 2.27. The molecule has 0 atom stereocenters. The lowest BCUT2D eigenvalue weighted by Gasteiger charge is -2.36. The van der Waals surface area contributed by atoms with Crippen LogP contribution < -0.4 is 5.73 Å². The van der Waals surface area contributed by atoms with Crippen molar-refractivity contribution in [2.24, 2.45) is 5.73 Å². The molecular formula is C11H22N2O. The largest absolute Gasteiger partial charge is 0.342 e. The molecule has 3 nitrogen and oxygen atoms in total. The van der Waals surface area contributed by atoms with E-state index >= 15 is 0 Å². The number of nitrogens with two attached hydrogens (primary N) is 1. The Labute approximate surface area is 86.6 Å². The van der Waals surface area contributed by atoms with Crippen molar-refractivity contribution in [1.82, 2.24) is 4.90 Å². The van der Waals surface area contributed by atoms with Crippen molar-refractivity contribution < 1.29 is 4.79 Å². The van der Waals surface area contributed by atoms with E-state index < -0.39 is 5.54 Å². The molecule has 0 radical (unpaired) electrons. The lowest BCUT2D eigenvalue weighted by molar-refractivity contribution is -0.138. The quantitative estimate of drug-likeness (QED) is 0.731. The second-order valence-electron chi connectivity index (χ2n) is 4.73. The van der Waals surface area contributed by atoms with Gasteiger partial charge in [0, 0.05) is 13.1 Å². The first-order chi connectivity index (χ1) is 6.47. The molecular weight excluding hydrogens is 176 g/mol. The minimum Gasteiger partial charge on any atom is -0.342 e. The second kappa shape index (κ2) is 4.30. The van der Waals surface area contributed by atoms with E-state index in [-0.39, 0.29) is 11.9 Å². The standard InChI is InChI=1S/C11H22N2O/c1-9(2)13(3)10(14)11(12)7-5-4-6-8-11/h9H,4-8,12H2,1-3H3. The zero-order chi connectivity index (χ0) is 10.8. The van der Waals surface area contributed by atoms with Gasteiger partial charge in [-0.3, -0.25) is 4.79 Å². The van der Waals surface area contributed by atoms with Gasteiger partial charge in [0.2, 0.25) is 5.91 Å². The zero-order valence-electron chi connectivity index (χ0n) is 9.55. The third-order valence-corrected chi connectivity index (χ3v) is 3.27. The fourth-order valence-corrected chi connectivity index (χ4v) is 1.98. The Kier molecular flexibility index (Phi) is 3.53. The van der Waals surface area contributed by atoms with Crippen LogP contribution in [0, 0.1) is 0 Å². The summed E-state index contributed by atoms with van der Waals surface area (Å²) in [6, 6.07) is 0.241. The minimum atomic E-state index is -0.572. The monoisotopic (exact) mass is 198 g/mol. The number of nitrogens with zero attached hydrogens (tertiary/aromatic N) is 1. The second-order valence-corrected chi connectivity index (χ2v) is 4.73. The van der Waals surface area contributed by atoms with Crippen molar-refractivity contribution in [3.05, 3.63) is 0 Å². The van der Waals surface area contributed by atoms with E-state index in [9.17, 15) is 4.79 Å². The molecule has 1 amide bonds. The molecule has 0 saturated heterocycles. The molecule has 82 valence electrons. The van der Waals surface area contributed by atoms with E-state index in [0.29, 0.717) is 0 Å². The van der Waals surface area contributed by atoms with Crippen molar-refractivity contribution in [3.8, 4) is 0 Å². The molecule has 0 aliphatic heterocycles. The average Bonchev–Trinajstić information content (AvgIpc) is 2.16. The van der Waals surface area contributed by atoms with Crippen LogP contribution >= 0.6 is 0 Å². The molecule has 0 aromatic heterocycles. The molecule has 1 saturated carbocycles. The molecule has 0 unspecified atom stereocenters. The fraction of sp³-hybridized carbons (Fsp3) is 0.909. The van der Waals surface area contributed by atoms with Crippen LogP contribution in [-0.2, 0) is 4.79 Å². The highest BCUT2D eigenvalue weighted by molar-refractivity contribution is 5.86. The van der Waals surface area contributed by atoms with E-state index in [1.54, 1.807) is 4.90 Å². The summed E-state index contributed by atoms with van der Waals surface area (Å²) in [6.07, 6.45) is 5.10. The van der Waals surface area contributed by atoms with Gasteiger partial charge < -0.3 is 10.6 Å². The normalized spacial score (nSPS) is 20.9. The smallest absolute Gasteiger partial charge is 0.242 e. The van der Waals surface area contributed by atoms with Gasteiger partial charge in [-0.25, -0.2) is 0 Å². The number of carbonyl (C=O) groups excluding carboxylic acids is 1. The van der Waals surface area contributed by atoms with E-state index in [0.717, 1.165) is 25.7 Å². The molecule has 3 heteroatoms. The van der Waals surface area contributed by atoms with Crippen LogP contribution in [0.4, 0.5) is 0 Å². The summed E-state index contributed by atoms with van der Waals surface area (Å²) < 4.78 is 0. The van der Waals surface area contributed by atoms with Gasteiger partial charge in [-0.05, 0) is 26.7 Å². The lowest BCUT2D eigenvalue weighted by Crippen LogP contribution is -2.56. The van der Waals surface area contributed by atoms with Crippen LogP contribution in [0.15, 0.2) is 0 Å². The molecule has 1 aliphatic carbocycles. The van der Waals surface area contributed by atoms with Crippen LogP contribution in [0.2, 0.25) is 0 Å². The van der Waals surface area contributed by atoms with Crippen molar-refractivity contribution in [2.45, 2.75) is 57.5 Å². The van der Waals surface area contributed by atoms with Crippen LogP contribution in [0.1, 0.15) is 46.0 Å². The Morgan fingerprint density at radius 1 is 1.29 bits per heavy atom. The maximum atomic E-state index is 12.1. The highest BCUT2D eigenvalue weighted by atomic mass is 16.2. The average molecular weight is 198 g/mol. The predicted molar refractivity (Wildman–Crippen MR) is 57.9 cm³/mol. The van der Waals surface area contributed by atoms with Gasteiger partial charge in [0.05, 0.1) is 5.54 Å². The van der Waals surface area contributed by atoms with Crippen LogP contribution in [0.3, 0.4) is 0 Å². The number of hydrogen-bond acceptors (Lipinski definition) is 2. The first-order valence-corrected chi connectivity index (χ1v) is 5.53. The molecule has 1 fully saturated rings. The highest BCUT2D eigenvalue weighted by Gasteiger charge is 2.37. The molecule has 0 spiro atoms. The Hall–Kier alpha value is -0.570. The van der Waals surface area contributed by atoms with E-state index in [2.05, 4.69) is 0 Å². The summed E-state index contributed by atoms with van der Waals surface area (Å²) >= 11 is 0. The topological polar surface area (TPSA) is 46.3 Å². The molecule has 0 heterocycles. The number of likely N-dealkylation sites (N-methyl/N-ethyl adjacent to an activating group) is 1. The maximum Gasteiger partial charge on any atom is 0.242 e. The first-order valence-electron chi connectivity index (χ1n) is 5.53. The fourth-order valence-electron chi connectivity index (χ4n) is 1.98. The molecule has 0 aromatic carbocycles. The molecule has 1 rings (SSSR count). The Bertz CT molecular complexity index is 207. The predicted octanol–water partition coefficient (Wildman–Crippen LogP) is 1.51. The van der Waals surface area contributed by atoms with Gasteiger partial charge in [0.15, 0.2) is 0 Å². The summed E-state index contributed by atoms with van der Waals surface area (Å²) in [7, 11) is 1.84. The van der Waals surface area contributed by atoms with Crippen LogP contribution in [0.25, 0.3) is 0 Å². The lowest BCUT2D eigenvalue weighted by atomic mass is 9.81. The van der Waals surface area contributed by atoms with Crippen molar-refractivity contribution in [2.75, 3.05) is 7.05 Å². The van der Waals surface area contributed by atoms with Gasteiger partial charge in [0.1, 0.15) is 0 Å². The minimum absolute atomic E-state index is 0.118. The van der Waals surface area contributed by atoms with Crippen molar-refractivity contribution in [1.29, 1.82) is 0 Å². The van der Waals surface area contributed by atoms with Gasteiger partial charge in [0.25, 0.3) is 0 Å². The summed E-state index contributed by atoms with van der Waals surface area (Å²) in [5.74, 6) is 0.118. The van der Waals surface area contributed by atoms with Crippen LogP contribution in [-0.4, -0.2) is 29.4 Å². The van der Waals surface area contributed by atoms with Gasteiger partial charge in [-0.15, -0.1) is 0 Å². The van der Waals surface area contributed by atoms with Crippen LogP contribution in [0.5, 0.6) is 0 Å². The Morgan fingerprint density at radius 2 is 1.79 bits per heavy atom. The van der Waals surface area contributed by atoms with Gasteiger partial charge in [-0.1, -0.05) is 19.3 Å². The van der Waals surface area contributed by atoms with E-state index in [1.807, 2.05) is 20.9 Å². The highest BCUT2D eigenvalue weighted by Crippen LogP contribution is 2.27. The third-order valence-electron chi connectivity index (χ3n) is 3.27. The molecule has 1 aliphatic rings. The Morgan fingerprint density at radius 3 is 2.21 bits per heavy atom. The van der Waals surface area contributed by atoms with E-state index in [4.69, 9.17) is 5.73 Å².